The quantitative estimate of drug-likeness (QED) is 0.413. The molecular formula is C24H27NO6S. The van der Waals surface area contributed by atoms with Crippen molar-refractivity contribution in [2.45, 2.75) is 38.3 Å². The number of hydrogen-bond donors (Lipinski definition) is 0. The second kappa shape index (κ2) is 10.4. The summed E-state index contributed by atoms with van der Waals surface area (Å²) in [6.45, 7) is 4.60. The lowest BCUT2D eigenvalue weighted by molar-refractivity contribution is -0.133. The average Bonchev–Trinajstić information content (AvgIpc) is 3.26. The molecule has 0 N–H and O–H groups in total. The van der Waals surface area contributed by atoms with E-state index in [1.807, 2.05) is 26.0 Å². The number of benzene rings is 2. The zero-order valence-electron chi connectivity index (χ0n) is 18.4. The van der Waals surface area contributed by atoms with Gasteiger partial charge in [0, 0.05) is 13.0 Å². The number of carbonyl (C=O) groups is 1. The highest BCUT2D eigenvalue weighted by atomic mass is 32.2. The zero-order chi connectivity index (χ0) is 23.1. The number of carbonyl (C=O) groups excluding carboxylic acids is 1. The summed E-state index contributed by atoms with van der Waals surface area (Å²) in [6.07, 6.45) is 1.97. The number of nitrogens with zero attached hydrogens (tertiary/aromatic N) is 1. The summed E-state index contributed by atoms with van der Waals surface area (Å²) in [5, 5.41) is 0. The Morgan fingerprint density at radius 3 is 2.38 bits per heavy atom. The summed E-state index contributed by atoms with van der Waals surface area (Å²) < 4.78 is 41.1. The van der Waals surface area contributed by atoms with Gasteiger partial charge < -0.3 is 18.2 Å². The fraction of sp³-hybridized carbons (Fsp3) is 0.292. The van der Waals surface area contributed by atoms with Crippen molar-refractivity contribution in [1.82, 2.24) is 4.90 Å². The third-order valence-electron chi connectivity index (χ3n) is 4.69. The van der Waals surface area contributed by atoms with E-state index < -0.39 is 10.1 Å². The minimum absolute atomic E-state index is 0.00595. The van der Waals surface area contributed by atoms with Gasteiger partial charge in [-0.05, 0) is 60.0 Å². The number of amides is 1. The first-order valence-corrected chi connectivity index (χ1v) is 11.7. The molecule has 0 aliphatic rings. The molecule has 0 radical (unpaired) electrons. The van der Waals surface area contributed by atoms with Crippen molar-refractivity contribution in [1.29, 1.82) is 0 Å². The summed E-state index contributed by atoms with van der Waals surface area (Å²) >= 11 is 0. The van der Waals surface area contributed by atoms with E-state index in [0.29, 0.717) is 31.0 Å². The lowest BCUT2D eigenvalue weighted by Gasteiger charge is -2.23. The molecule has 32 heavy (non-hydrogen) atoms. The summed E-state index contributed by atoms with van der Waals surface area (Å²) in [5.74, 6) is 1.61. The molecule has 0 saturated heterocycles. The molecule has 0 bridgehead atoms. The van der Waals surface area contributed by atoms with Crippen LogP contribution in [0.3, 0.4) is 0 Å². The van der Waals surface area contributed by atoms with Crippen LogP contribution < -0.4 is 8.92 Å². The standard InChI is InChI=1S/C24H27NO6S/c1-18(2)14-24(26)25(17-22-8-5-13-30-22)16-19-6-4-7-21(15-19)31-32(27,28)23-11-9-20(29-3)10-12-23/h4-13,15,18H,14,16-17H2,1-3H3. The van der Waals surface area contributed by atoms with Crippen molar-refractivity contribution in [3.05, 3.63) is 78.3 Å². The molecule has 1 amide bonds. The van der Waals surface area contributed by atoms with Gasteiger partial charge in [0.15, 0.2) is 0 Å². The van der Waals surface area contributed by atoms with Crippen LogP contribution in [-0.2, 0) is 28.0 Å². The maximum atomic E-state index is 12.8. The predicted octanol–water partition coefficient (Wildman–Crippen LogP) is 4.63. The molecule has 1 aromatic heterocycles. The Morgan fingerprint density at radius 1 is 1.00 bits per heavy atom. The molecule has 170 valence electrons. The largest absolute Gasteiger partial charge is 0.497 e. The Labute approximate surface area is 188 Å². The maximum Gasteiger partial charge on any atom is 0.339 e. The fourth-order valence-electron chi connectivity index (χ4n) is 3.13. The molecule has 0 fully saturated rings. The van der Waals surface area contributed by atoms with Crippen LogP contribution in [0, 0.1) is 5.92 Å². The number of furan rings is 1. The summed E-state index contributed by atoms with van der Waals surface area (Å²) in [7, 11) is -2.50. The van der Waals surface area contributed by atoms with E-state index in [1.165, 1.54) is 19.2 Å². The minimum atomic E-state index is -4.01. The summed E-state index contributed by atoms with van der Waals surface area (Å²) in [5.41, 5.74) is 0.746. The van der Waals surface area contributed by atoms with Crippen LogP contribution in [0.4, 0.5) is 0 Å². The lowest BCUT2D eigenvalue weighted by atomic mass is 10.1. The van der Waals surface area contributed by atoms with Crippen LogP contribution in [0.1, 0.15) is 31.6 Å². The molecular weight excluding hydrogens is 430 g/mol. The fourth-order valence-corrected chi connectivity index (χ4v) is 4.06. The molecule has 2 aromatic carbocycles. The van der Waals surface area contributed by atoms with Gasteiger partial charge in [-0.2, -0.15) is 8.42 Å². The number of rotatable bonds is 10. The molecule has 0 atom stereocenters. The smallest absolute Gasteiger partial charge is 0.339 e. The van der Waals surface area contributed by atoms with Crippen molar-refractivity contribution < 1.29 is 26.5 Å². The molecule has 0 aliphatic carbocycles. The van der Waals surface area contributed by atoms with Gasteiger partial charge in [0.05, 0.1) is 19.9 Å². The molecule has 0 aliphatic heterocycles. The maximum absolute atomic E-state index is 12.8. The van der Waals surface area contributed by atoms with E-state index in [1.54, 1.807) is 47.6 Å². The van der Waals surface area contributed by atoms with Gasteiger partial charge in [0.1, 0.15) is 22.2 Å². The van der Waals surface area contributed by atoms with E-state index >= 15 is 0 Å². The Morgan fingerprint density at radius 2 is 1.75 bits per heavy atom. The Balaban J connectivity index is 1.77. The van der Waals surface area contributed by atoms with Gasteiger partial charge in [-0.15, -0.1) is 0 Å². The van der Waals surface area contributed by atoms with Crippen LogP contribution >= 0.6 is 0 Å². The highest BCUT2D eigenvalue weighted by Gasteiger charge is 2.19. The summed E-state index contributed by atoms with van der Waals surface area (Å²) in [6, 6.07) is 16.3. The summed E-state index contributed by atoms with van der Waals surface area (Å²) in [4.78, 5) is 14.5. The monoisotopic (exact) mass is 457 g/mol. The van der Waals surface area contributed by atoms with Gasteiger partial charge >= 0.3 is 10.1 Å². The van der Waals surface area contributed by atoms with Crippen LogP contribution in [0.15, 0.2) is 76.2 Å². The molecule has 8 heteroatoms. The van der Waals surface area contributed by atoms with E-state index in [9.17, 15) is 13.2 Å². The molecule has 3 rings (SSSR count). The number of methoxy groups -OCH3 is 1. The van der Waals surface area contributed by atoms with Crippen LogP contribution in [0.2, 0.25) is 0 Å². The number of ether oxygens (including phenoxy) is 1. The number of hydrogen-bond acceptors (Lipinski definition) is 6. The topological polar surface area (TPSA) is 86.1 Å². The normalized spacial score (nSPS) is 11.4. The Bertz CT molecular complexity index is 1120. The van der Waals surface area contributed by atoms with Crippen molar-refractivity contribution in [3.8, 4) is 11.5 Å². The molecule has 0 saturated carbocycles. The lowest BCUT2D eigenvalue weighted by Crippen LogP contribution is -2.30. The minimum Gasteiger partial charge on any atom is -0.497 e. The average molecular weight is 458 g/mol. The predicted molar refractivity (Wildman–Crippen MR) is 120 cm³/mol. The second-order valence-electron chi connectivity index (χ2n) is 7.79. The third kappa shape index (κ3) is 6.37. The van der Waals surface area contributed by atoms with Crippen molar-refractivity contribution >= 4 is 16.0 Å². The third-order valence-corrected chi connectivity index (χ3v) is 5.95. The Kier molecular flexibility index (Phi) is 7.58. The first-order chi connectivity index (χ1) is 15.3. The van der Waals surface area contributed by atoms with E-state index in [2.05, 4.69) is 0 Å². The van der Waals surface area contributed by atoms with Crippen molar-refractivity contribution in [3.63, 3.8) is 0 Å². The molecule has 7 nitrogen and oxygen atoms in total. The van der Waals surface area contributed by atoms with Crippen molar-refractivity contribution in [2.24, 2.45) is 5.92 Å². The highest BCUT2D eigenvalue weighted by Crippen LogP contribution is 2.23. The first-order valence-electron chi connectivity index (χ1n) is 10.2. The van der Waals surface area contributed by atoms with Gasteiger partial charge in [0.2, 0.25) is 5.91 Å². The van der Waals surface area contributed by atoms with Gasteiger partial charge in [-0.25, -0.2) is 0 Å². The van der Waals surface area contributed by atoms with Gasteiger partial charge in [-0.1, -0.05) is 26.0 Å². The molecule has 0 spiro atoms. The van der Waals surface area contributed by atoms with Crippen LogP contribution in [0.5, 0.6) is 11.5 Å². The van der Waals surface area contributed by atoms with Gasteiger partial charge in [0.25, 0.3) is 0 Å². The van der Waals surface area contributed by atoms with Crippen LogP contribution in [-0.4, -0.2) is 26.3 Å². The Hall–Kier alpha value is -3.26. The molecule has 3 aromatic rings. The van der Waals surface area contributed by atoms with E-state index in [4.69, 9.17) is 13.3 Å². The van der Waals surface area contributed by atoms with E-state index in [0.717, 1.165) is 5.56 Å². The second-order valence-corrected chi connectivity index (χ2v) is 9.33. The SMILES string of the molecule is COc1ccc(S(=O)(=O)Oc2cccc(CN(Cc3ccco3)C(=O)CC(C)C)c2)cc1. The molecule has 1 heterocycles. The van der Waals surface area contributed by atoms with Gasteiger partial charge in [-0.3, -0.25) is 4.79 Å². The zero-order valence-corrected chi connectivity index (χ0v) is 19.2. The molecule has 0 unspecified atom stereocenters. The highest BCUT2D eigenvalue weighted by molar-refractivity contribution is 7.87. The first kappa shape index (κ1) is 23.4. The van der Waals surface area contributed by atoms with Crippen LogP contribution in [0.25, 0.3) is 0 Å². The van der Waals surface area contributed by atoms with Crippen molar-refractivity contribution in [2.75, 3.05) is 7.11 Å². The van der Waals surface area contributed by atoms with E-state index in [-0.39, 0.29) is 22.5 Å².